The Balaban J connectivity index is 2.31. The van der Waals surface area contributed by atoms with Crippen LogP contribution in [0.2, 0.25) is 0 Å². The quantitative estimate of drug-likeness (QED) is 0.317. The summed E-state index contributed by atoms with van der Waals surface area (Å²) in [5.41, 5.74) is 0.963. The third-order valence-corrected chi connectivity index (χ3v) is 1.94. The maximum atomic E-state index is 11.3. The Hall–Kier alpha value is -1.32. The molecule has 0 bridgehead atoms. The Morgan fingerprint density at radius 1 is 1.08 bits per heavy atom. The zero-order valence-corrected chi connectivity index (χ0v) is 7.55. The highest BCUT2D eigenvalue weighted by Crippen LogP contribution is 2.35. The molecule has 0 spiro atoms. The molecule has 0 amide bonds. The monoisotopic (exact) mass is 182 g/mol. The van der Waals surface area contributed by atoms with Crippen LogP contribution in [0.15, 0.2) is 11.1 Å². The molecule has 1 aliphatic carbocycles. The fourth-order valence-corrected chi connectivity index (χ4v) is 1.25. The smallest absolute Gasteiger partial charge is 0.348 e. The average molecular weight is 182 g/mol. The summed E-state index contributed by atoms with van der Waals surface area (Å²) < 4.78 is 9.84. The molecule has 0 aromatic rings. The minimum atomic E-state index is -1.12. The van der Waals surface area contributed by atoms with Gasteiger partial charge in [0, 0.05) is 13.8 Å². The van der Waals surface area contributed by atoms with Gasteiger partial charge in [-0.2, -0.15) is 0 Å². The van der Waals surface area contributed by atoms with Gasteiger partial charge in [0.05, 0.1) is 0 Å². The molecule has 0 unspecified atom stereocenters. The van der Waals surface area contributed by atoms with Crippen molar-refractivity contribution in [3.05, 3.63) is 11.1 Å². The summed E-state index contributed by atoms with van der Waals surface area (Å²) in [7, 11) is 0. The molecule has 2 aliphatic rings. The Morgan fingerprint density at radius 2 is 1.54 bits per heavy atom. The van der Waals surface area contributed by atoms with Gasteiger partial charge >= 0.3 is 11.9 Å². The number of hydrogen-bond acceptors (Lipinski definition) is 4. The van der Waals surface area contributed by atoms with Gasteiger partial charge in [0.1, 0.15) is 5.57 Å². The standard InChI is InChI=1S/C9H10O4/c1-9(2)12-7(10)6(5-3-4-5)8(11)13-9/h3-4H2,1-2H3. The number of allylic oxidation sites excluding steroid dienone is 1. The van der Waals surface area contributed by atoms with Crippen molar-refractivity contribution in [1.29, 1.82) is 0 Å². The predicted molar refractivity (Wildman–Crippen MR) is 42.5 cm³/mol. The lowest BCUT2D eigenvalue weighted by Gasteiger charge is -2.29. The Labute approximate surface area is 75.5 Å². The molecule has 1 aliphatic heterocycles. The molecule has 1 heterocycles. The highest BCUT2D eigenvalue weighted by atomic mass is 16.7. The Kier molecular flexibility index (Phi) is 1.49. The van der Waals surface area contributed by atoms with Crippen molar-refractivity contribution in [1.82, 2.24) is 0 Å². The van der Waals surface area contributed by atoms with Gasteiger partial charge in [0.25, 0.3) is 5.79 Å². The molecule has 0 atom stereocenters. The van der Waals surface area contributed by atoms with E-state index in [1.54, 1.807) is 0 Å². The Morgan fingerprint density at radius 3 is 1.92 bits per heavy atom. The lowest BCUT2D eigenvalue weighted by Crippen LogP contribution is -2.41. The molecule has 0 aromatic heterocycles. The molecular formula is C9H10O4. The maximum absolute atomic E-state index is 11.3. The van der Waals surface area contributed by atoms with Crippen LogP contribution in [0.25, 0.3) is 0 Å². The van der Waals surface area contributed by atoms with Crippen LogP contribution < -0.4 is 0 Å². The fourth-order valence-electron chi connectivity index (χ4n) is 1.25. The van der Waals surface area contributed by atoms with Crippen LogP contribution in [0.5, 0.6) is 0 Å². The van der Waals surface area contributed by atoms with E-state index in [0.717, 1.165) is 18.4 Å². The van der Waals surface area contributed by atoms with Gasteiger partial charge in [-0.15, -0.1) is 0 Å². The number of esters is 2. The van der Waals surface area contributed by atoms with Gasteiger partial charge in [-0.3, -0.25) is 0 Å². The third-order valence-electron chi connectivity index (χ3n) is 1.94. The molecule has 2 fully saturated rings. The molecular weight excluding hydrogens is 172 g/mol. The lowest BCUT2D eigenvalue weighted by molar-refractivity contribution is -0.222. The molecule has 1 saturated carbocycles. The molecule has 4 nitrogen and oxygen atoms in total. The van der Waals surface area contributed by atoms with Crippen LogP contribution in [0.1, 0.15) is 26.7 Å². The average Bonchev–Trinajstić information content (AvgIpc) is 2.65. The third kappa shape index (κ3) is 1.43. The van der Waals surface area contributed by atoms with E-state index >= 15 is 0 Å². The zero-order valence-electron chi connectivity index (χ0n) is 7.55. The second-order valence-corrected chi connectivity index (χ2v) is 3.66. The van der Waals surface area contributed by atoms with E-state index in [1.807, 2.05) is 0 Å². The number of carbonyl (C=O) groups excluding carboxylic acids is 2. The van der Waals surface area contributed by atoms with E-state index in [4.69, 9.17) is 9.47 Å². The topological polar surface area (TPSA) is 52.6 Å². The first-order valence-electron chi connectivity index (χ1n) is 4.18. The number of ether oxygens (including phenoxy) is 2. The van der Waals surface area contributed by atoms with Crippen LogP contribution in [0.3, 0.4) is 0 Å². The van der Waals surface area contributed by atoms with Crippen LogP contribution in [0, 0.1) is 0 Å². The number of hydrogen-bond donors (Lipinski definition) is 0. The normalized spacial score (nSPS) is 25.4. The minimum absolute atomic E-state index is 0.110. The number of rotatable bonds is 0. The predicted octanol–water partition coefficient (Wildman–Crippen LogP) is 0.913. The van der Waals surface area contributed by atoms with Crippen molar-refractivity contribution in [2.24, 2.45) is 0 Å². The first-order valence-corrected chi connectivity index (χ1v) is 4.18. The fraction of sp³-hybridized carbons (Fsp3) is 0.556. The molecule has 70 valence electrons. The molecule has 0 radical (unpaired) electrons. The van der Waals surface area contributed by atoms with E-state index in [0.29, 0.717) is 0 Å². The summed E-state index contributed by atoms with van der Waals surface area (Å²) >= 11 is 0. The second kappa shape index (κ2) is 2.34. The van der Waals surface area contributed by atoms with Gasteiger partial charge in [0.15, 0.2) is 0 Å². The second-order valence-electron chi connectivity index (χ2n) is 3.66. The summed E-state index contributed by atoms with van der Waals surface area (Å²) in [4.78, 5) is 22.6. The van der Waals surface area contributed by atoms with Crippen LogP contribution in [-0.2, 0) is 19.1 Å². The largest absolute Gasteiger partial charge is 0.419 e. The number of cyclic esters (lactones) is 2. The first-order chi connectivity index (χ1) is 5.99. The first kappa shape index (κ1) is 8.29. The van der Waals surface area contributed by atoms with Crippen molar-refractivity contribution < 1.29 is 19.1 Å². The van der Waals surface area contributed by atoms with Crippen molar-refractivity contribution in [3.63, 3.8) is 0 Å². The number of carbonyl (C=O) groups is 2. The summed E-state index contributed by atoms with van der Waals surface area (Å²) in [5, 5.41) is 0. The van der Waals surface area contributed by atoms with E-state index in [1.165, 1.54) is 13.8 Å². The highest BCUT2D eigenvalue weighted by molar-refractivity contribution is 6.16. The summed E-state index contributed by atoms with van der Waals surface area (Å²) in [6, 6.07) is 0. The molecule has 4 heteroatoms. The van der Waals surface area contributed by atoms with E-state index in [-0.39, 0.29) is 5.57 Å². The molecule has 1 saturated heterocycles. The van der Waals surface area contributed by atoms with Crippen molar-refractivity contribution in [3.8, 4) is 0 Å². The van der Waals surface area contributed by atoms with Crippen molar-refractivity contribution in [2.75, 3.05) is 0 Å². The molecule has 13 heavy (non-hydrogen) atoms. The van der Waals surface area contributed by atoms with Crippen LogP contribution in [-0.4, -0.2) is 17.7 Å². The molecule has 0 N–H and O–H groups in total. The highest BCUT2D eigenvalue weighted by Gasteiger charge is 2.42. The minimum Gasteiger partial charge on any atom is -0.419 e. The van der Waals surface area contributed by atoms with Crippen molar-refractivity contribution >= 4 is 11.9 Å². The van der Waals surface area contributed by atoms with Gasteiger partial charge in [0.2, 0.25) is 0 Å². The van der Waals surface area contributed by atoms with Gasteiger partial charge in [-0.05, 0) is 18.4 Å². The van der Waals surface area contributed by atoms with E-state index in [9.17, 15) is 9.59 Å². The molecule has 2 rings (SSSR count). The zero-order chi connectivity index (χ0) is 9.64. The maximum Gasteiger partial charge on any atom is 0.348 e. The van der Waals surface area contributed by atoms with Gasteiger partial charge < -0.3 is 9.47 Å². The Bertz CT molecular complexity index is 297. The van der Waals surface area contributed by atoms with E-state index in [2.05, 4.69) is 0 Å². The van der Waals surface area contributed by atoms with Crippen LogP contribution in [0.4, 0.5) is 0 Å². The van der Waals surface area contributed by atoms with Crippen LogP contribution >= 0.6 is 0 Å². The summed E-state index contributed by atoms with van der Waals surface area (Å²) in [6.07, 6.45) is 1.61. The lowest BCUT2D eigenvalue weighted by atomic mass is 10.2. The van der Waals surface area contributed by atoms with Crippen molar-refractivity contribution in [2.45, 2.75) is 32.5 Å². The SMILES string of the molecule is CC1(C)OC(=O)C(=C2CC2)C(=O)O1. The summed E-state index contributed by atoms with van der Waals surface area (Å²) in [6.45, 7) is 3.08. The summed E-state index contributed by atoms with van der Waals surface area (Å²) in [5.74, 6) is -2.21. The van der Waals surface area contributed by atoms with Gasteiger partial charge in [-0.1, -0.05) is 0 Å². The van der Waals surface area contributed by atoms with Gasteiger partial charge in [-0.25, -0.2) is 9.59 Å². The van der Waals surface area contributed by atoms with E-state index < -0.39 is 17.7 Å². The molecule has 0 aromatic carbocycles.